The number of benzene rings is 2. The number of ether oxygens (including phenoxy) is 4. The predicted octanol–water partition coefficient (Wildman–Crippen LogP) is 0.945. The molecule has 3 unspecified atom stereocenters. The third kappa shape index (κ3) is 7.95. The molecule has 0 heterocycles. The molecule has 2 aromatic rings. The molecule has 0 aliphatic heterocycles. The van der Waals surface area contributed by atoms with Crippen molar-refractivity contribution >= 4 is 0 Å². The summed E-state index contributed by atoms with van der Waals surface area (Å²) in [5.74, 6) is 1.71. The molecule has 7 atom stereocenters. The molecule has 0 aliphatic rings. The monoisotopic (exact) mass is 538 g/mol. The maximum atomic E-state index is 11.3. The number of aliphatic hydroxyl groups is 6. The average molecular weight is 539 g/mol. The van der Waals surface area contributed by atoms with Crippen molar-refractivity contribution in [1.29, 1.82) is 0 Å². The van der Waals surface area contributed by atoms with Crippen molar-refractivity contribution in [3.63, 3.8) is 0 Å². The van der Waals surface area contributed by atoms with Crippen LogP contribution in [0.5, 0.6) is 23.0 Å². The number of aryl methyl sites for hydroxylation is 1. The van der Waals surface area contributed by atoms with Gasteiger partial charge in [0.2, 0.25) is 0 Å². The SMILES string of the molecule is COc1ccc(OC)c(CCC(C)C(Cc2cc(OC)ccc2OC)C(O)[C@@H](O)[C@@H](O)[C@H](O)[C@@H](O)CO)c1. The molecule has 0 aromatic heterocycles. The lowest BCUT2D eigenvalue weighted by molar-refractivity contribution is -0.152. The molecule has 0 saturated heterocycles. The largest absolute Gasteiger partial charge is 0.497 e. The van der Waals surface area contributed by atoms with Crippen LogP contribution in [0.1, 0.15) is 24.5 Å². The van der Waals surface area contributed by atoms with Gasteiger partial charge in [-0.05, 0) is 78.6 Å². The van der Waals surface area contributed by atoms with Crippen LogP contribution in [0.4, 0.5) is 0 Å². The Kier molecular flexibility index (Phi) is 12.6. The van der Waals surface area contributed by atoms with Crippen molar-refractivity contribution in [1.82, 2.24) is 0 Å². The first kappa shape index (κ1) is 31.6. The summed E-state index contributed by atoms with van der Waals surface area (Å²) < 4.78 is 21.7. The van der Waals surface area contributed by atoms with E-state index in [2.05, 4.69) is 0 Å². The maximum Gasteiger partial charge on any atom is 0.122 e. The molecule has 10 heteroatoms. The van der Waals surface area contributed by atoms with Crippen molar-refractivity contribution < 1.29 is 49.6 Å². The van der Waals surface area contributed by atoms with E-state index >= 15 is 0 Å². The van der Waals surface area contributed by atoms with Crippen LogP contribution in [-0.4, -0.2) is 96.2 Å². The smallest absolute Gasteiger partial charge is 0.122 e. The summed E-state index contributed by atoms with van der Waals surface area (Å²) >= 11 is 0. The van der Waals surface area contributed by atoms with E-state index in [-0.39, 0.29) is 12.3 Å². The summed E-state index contributed by atoms with van der Waals surface area (Å²) in [5, 5.41) is 61.5. The topological polar surface area (TPSA) is 158 Å². The molecule has 38 heavy (non-hydrogen) atoms. The summed E-state index contributed by atoms with van der Waals surface area (Å²) in [6, 6.07) is 10.8. The third-order valence-corrected chi connectivity index (χ3v) is 7.10. The lowest BCUT2D eigenvalue weighted by Crippen LogP contribution is -2.52. The number of hydrogen-bond acceptors (Lipinski definition) is 10. The molecule has 0 amide bonds. The van der Waals surface area contributed by atoms with E-state index in [0.717, 1.165) is 11.1 Å². The van der Waals surface area contributed by atoms with Crippen LogP contribution >= 0.6 is 0 Å². The summed E-state index contributed by atoms with van der Waals surface area (Å²) in [6.45, 7) is 1.11. The van der Waals surface area contributed by atoms with Crippen LogP contribution in [-0.2, 0) is 12.8 Å². The first-order valence-electron chi connectivity index (χ1n) is 12.5. The molecule has 2 aromatic carbocycles. The molecule has 0 spiro atoms. The van der Waals surface area contributed by atoms with E-state index in [1.165, 1.54) is 14.2 Å². The zero-order valence-corrected chi connectivity index (χ0v) is 22.7. The van der Waals surface area contributed by atoms with Gasteiger partial charge in [0.15, 0.2) is 0 Å². The van der Waals surface area contributed by atoms with Gasteiger partial charge in [-0.2, -0.15) is 0 Å². The first-order valence-corrected chi connectivity index (χ1v) is 12.5. The standard InChI is InChI=1S/C28H42O10/c1-16(6-7-17-12-19(35-2)8-10-23(17)37-4)21(14-18-13-20(36-3)9-11-24(18)38-5)25(31)27(33)28(34)26(32)22(30)15-29/h8-13,16,21-22,25-34H,6-7,14-15H2,1-5H3/t16?,21?,22-,25?,26+,27+,28-/m0/s1. The summed E-state index contributed by atoms with van der Waals surface area (Å²) in [4.78, 5) is 0. The van der Waals surface area contributed by atoms with Gasteiger partial charge in [0, 0.05) is 0 Å². The highest BCUT2D eigenvalue weighted by atomic mass is 16.5. The van der Waals surface area contributed by atoms with Crippen molar-refractivity contribution in [3.8, 4) is 23.0 Å². The number of hydrogen-bond donors (Lipinski definition) is 6. The minimum absolute atomic E-state index is 0.210. The minimum Gasteiger partial charge on any atom is -0.497 e. The van der Waals surface area contributed by atoms with E-state index in [4.69, 9.17) is 24.1 Å². The number of aliphatic hydroxyl groups excluding tert-OH is 6. The van der Waals surface area contributed by atoms with E-state index in [1.54, 1.807) is 38.5 Å². The Labute approximate surface area is 224 Å². The average Bonchev–Trinajstić information content (AvgIpc) is 2.96. The van der Waals surface area contributed by atoms with Crippen LogP contribution in [0.3, 0.4) is 0 Å². The fraction of sp³-hybridized carbons (Fsp3) is 0.571. The third-order valence-electron chi connectivity index (χ3n) is 7.10. The molecule has 6 N–H and O–H groups in total. The summed E-state index contributed by atoms with van der Waals surface area (Å²) in [5.41, 5.74) is 1.63. The quantitative estimate of drug-likeness (QED) is 0.182. The second-order valence-corrected chi connectivity index (χ2v) is 9.45. The van der Waals surface area contributed by atoms with Crippen LogP contribution in [0.2, 0.25) is 0 Å². The Morgan fingerprint density at radius 3 is 1.66 bits per heavy atom. The van der Waals surface area contributed by atoms with Crippen molar-refractivity contribution in [3.05, 3.63) is 47.5 Å². The Morgan fingerprint density at radius 2 is 1.16 bits per heavy atom. The van der Waals surface area contributed by atoms with E-state index in [1.807, 2.05) is 19.1 Å². The lowest BCUT2D eigenvalue weighted by atomic mass is 9.77. The fourth-order valence-corrected chi connectivity index (χ4v) is 4.62. The molecular weight excluding hydrogens is 496 g/mol. The molecule has 0 radical (unpaired) electrons. The van der Waals surface area contributed by atoms with Crippen LogP contribution in [0.25, 0.3) is 0 Å². The van der Waals surface area contributed by atoms with Crippen molar-refractivity contribution in [2.75, 3.05) is 35.0 Å². The van der Waals surface area contributed by atoms with Gasteiger partial charge in [0.25, 0.3) is 0 Å². The van der Waals surface area contributed by atoms with Crippen molar-refractivity contribution in [2.24, 2.45) is 11.8 Å². The molecule has 0 saturated carbocycles. The van der Waals surface area contributed by atoms with Crippen LogP contribution < -0.4 is 18.9 Å². The zero-order valence-electron chi connectivity index (χ0n) is 22.7. The first-order chi connectivity index (χ1) is 18.1. The molecule has 0 aliphatic carbocycles. The minimum atomic E-state index is -1.90. The Morgan fingerprint density at radius 1 is 0.658 bits per heavy atom. The second-order valence-electron chi connectivity index (χ2n) is 9.45. The molecular formula is C28H42O10. The highest BCUT2D eigenvalue weighted by Gasteiger charge is 2.39. The fourth-order valence-electron chi connectivity index (χ4n) is 4.62. The van der Waals surface area contributed by atoms with Gasteiger partial charge in [0.05, 0.1) is 41.2 Å². The molecule has 10 nitrogen and oxygen atoms in total. The van der Waals surface area contributed by atoms with E-state index < -0.39 is 43.0 Å². The summed E-state index contributed by atoms with van der Waals surface area (Å²) in [6.07, 6.45) is -7.33. The molecule has 2 rings (SSSR count). The predicted molar refractivity (Wildman–Crippen MR) is 141 cm³/mol. The molecule has 0 bridgehead atoms. The van der Waals surface area contributed by atoms with Gasteiger partial charge in [-0.25, -0.2) is 0 Å². The van der Waals surface area contributed by atoms with Gasteiger partial charge < -0.3 is 49.6 Å². The maximum absolute atomic E-state index is 11.3. The van der Waals surface area contributed by atoms with Crippen molar-refractivity contribution in [2.45, 2.75) is 56.7 Å². The Balaban J connectivity index is 2.37. The Hall–Kier alpha value is -2.60. The number of rotatable bonds is 16. The lowest BCUT2D eigenvalue weighted by Gasteiger charge is -2.35. The molecule has 0 fully saturated rings. The van der Waals surface area contributed by atoms with Gasteiger partial charge in [-0.1, -0.05) is 6.92 Å². The van der Waals surface area contributed by atoms with Gasteiger partial charge >= 0.3 is 0 Å². The van der Waals surface area contributed by atoms with Gasteiger partial charge in [0.1, 0.15) is 47.4 Å². The summed E-state index contributed by atoms with van der Waals surface area (Å²) in [7, 11) is 6.23. The van der Waals surface area contributed by atoms with Crippen LogP contribution in [0.15, 0.2) is 36.4 Å². The van der Waals surface area contributed by atoms with Crippen LogP contribution in [0, 0.1) is 11.8 Å². The van der Waals surface area contributed by atoms with E-state index in [9.17, 15) is 25.5 Å². The van der Waals surface area contributed by atoms with Gasteiger partial charge in [-0.15, -0.1) is 0 Å². The highest BCUT2D eigenvalue weighted by molar-refractivity contribution is 5.41. The van der Waals surface area contributed by atoms with Gasteiger partial charge in [-0.3, -0.25) is 0 Å². The normalized spacial score (nSPS) is 17.0. The van der Waals surface area contributed by atoms with E-state index in [0.29, 0.717) is 35.8 Å². The molecule has 214 valence electrons. The highest BCUT2D eigenvalue weighted by Crippen LogP contribution is 2.34. The Bertz CT molecular complexity index is 984. The second kappa shape index (κ2) is 15.1. The number of methoxy groups -OCH3 is 4. The zero-order chi connectivity index (χ0) is 28.4.